The molecule has 0 fully saturated rings. The van der Waals surface area contributed by atoms with E-state index in [9.17, 15) is 0 Å². The summed E-state index contributed by atoms with van der Waals surface area (Å²) in [6.07, 6.45) is 17.1. The van der Waals surface area contributed by atoms with Crippen molar-refractivity contribution in [3.8, 4) is 0 Å². The fraction of sp³-hybridized carbons (Fsp3) is 1.00. The second kappa shape index (κ2) is 16.7. The van der Waals surface area contributed by atoms with E-state index in [1.54, 1.807) is 0 Å². The molecule has 2 N–H and O–H groups in total. The molecular weight excluding hydrogens is 314 g/mol. The van der Waals surface area contributed by atoms with E-state index in [1.807, 2.05) is 0 Å². The zero-order valence-electron chi connectivity index (χ0n) is 15.6. The fourth-order valence-electron chi connectivity index (χ4n) is 2.69. The van der Waals surface area contributed by atoms with E-state index in [4.69, 9.17) is 17.5 Å². The molecule has 0 rings (SSSR count). The van der Waals surface area contributed by atoms with Crippen molar-refractivity contribution < 1.29 is 17.5 Å². The monoisotopic (exact) mass is 353 g/mol. The lowest BCUT2D eigenvalue weighted by Crippen LogP contribution is -2.26. The molecule has 0 heterocycles. The maximum Gasteiger partial charge on any atom is 0.394 e. The summed E-state index contributed by atoms with van der Waals surface area (Å²) in [5, 5.41) is 0. The lowest BCUT2D eigenvalue weighted by atomic mass is 10.0. The van der Waals surface area contributed by atoms with Crippen LogP contribution >= 0.6 is 0 Å². The average molecular weight is 354 g/mol. The molecule has 5 nitrogen and oxygen atoms in total. The number of hydrogen-bond acceptors (Lipinski definition) is 3. The lowest BCUT2D eigenvalue weighted by Gasteiger charge is -2.22. The molecule has 6 heteroatoms. The Bertz CT molecular complexity index is 323. The van der Waals surface area contributed by atoms with E-state index in [-0.39, 0.29) is 0 Å². The van der Waals surface area contributed by atoms with E-state index in [1.165, 1.54) is 77.0 Å². The Morgan fingerprint density at radius 3 is 1.43 bits per heavy atom. The van der Waals surface area contributed by atoms with Crippen LogP contribution in [0, 0.1) is 0 Å². The highest BCUT2D eigenvalue weighted by Gasteiger charge is 2.07. The van der Waals surface area contributed by atoms with Crippen LogP contribution in [0.5, 0.6) is 0 Å². The summed E-state index contributed by atoms with van der Waals surface area (Å²) in [6.45, 7) is 4.60. The highest BCUT2D eigenvalue weighted by molar-refractivity contribution is 7.79. The first-order valence-corrected chi connectivity index (χ1v) is 10.5. The molecule has 0 aliphatic rings. The highest BCUT2D eigenvalue weighted by atomic mass is 32.3. The first-order valence-electron chi connectivity index (χ1n) is 9.08. The molecule has 142 valence electrons. The minimum absolute atomic E-state index is 0.805. The molecule has 23 heavy (non-hydrogen) atoms. The Labute approximate surface area is 144 Å². The summed E-state index contributed by atoms with van der Waals surface area (Å²) >= 11 is 0. The van der Waals surface area contributed by atoms with Gasteiger partial charge in [0.15, 0.2) is 0 Å². The molecule has 1 atom stereocenters. The SMILES string of the molecule is CCCCCCCCCCCCC(CC)N(C)C.O=S(=O)(O)O. The van der Waals surface area contributed by atoms with Crippen LogP contribution in [-0.4, -0.2) is 42.6 Å². The van der Waals surface area contributed by atoms with Crippen molar-refractivity contribution in [1.82, 2.24) is 4.90 Å². The van der Waals surface area contributed by atoms with Crippen LogP contribution in [0.1, 0.15) is 90.9 Å². The minimum atomic E-state index is -4.67. The molecule has 0 amide bonds. The van der Waals surface area contributed by atoms with Crippen LogP contribution < -0.4 is 0 Å². The summed E-state index contributed by atoms with van der Waals surface area (Å²) in [5.41, 5.74) is 0. The summed E-state index contributed by atoms with van der Waals surface area (Å²) in [4.78, 5) is 2.38. The van der Waals surface area contributed by atoms with Gasteiger partial charge < -0.3 is 4.90 Å². The second-order valence-corrected chi connectivity index (χ2v) is 7.34. The predicted molar refractivity (Wildman–Crippen MR) is 98.4 cm³/mol. The van der Waals surface area contributed by atoms with Gasteiger partial charge in [0.2, 0.25) is 0 Å². The van der Waals surface area contributed by atoms with Gasteiger partial charge in [0.1, 0.15) is 0 Å². The Hall–Kier alpha value is -0.170. The molecule has 1 unspecified atom stereocenters. The third kappa shape index (κ3) is 27.0. The van der Waals surface area contributed by atoms with Crippen molar-refractivity contribution in [1.29, 1.82) is 0 Å². The number of unbranched alkanes of at least 4 members (excludes halogenated alkanes) is 9. The van der Waals surface area contributed by atoms with Gasteiger partial charge in [-0.2, -0.15) is 8.42 Å². The van der Waals surface area contributed by atoms with Crippen molar-refractivity contribution in [3.05, 3.63) is 0 Å². The van der Waals surface area contributed by atoms with Crippen molar-refractivity contribution in [2.75, 3.05) is 14.1 Å². The van der Waals surface area contributed by atoms with Crippen LogP contribution in [0.25, 0.3) is 0 Å². The Balaban J connectivity index is 0. The van der Waals surface area contributed by atoms with Crippen molar-refractivity contribution >= 4 is 10.4 Å². The molecule has 0 saturated heterocycles. The number of rotatable bonds is 13. The van der Waals surface area contributed by atoms with Gasteiger partial charge in [0.05, 0.1) is 0 Å². The van der Waals surface area contributed by atoms with Gasteiger partial charge in [-0.15, -0.1) is 0 Å². The van der Waals surface area contributed by atoms with Gasteiger partial charge in [0.25, 0.3) is 0 Å². The number of hydrogen-bond donors (Lipinski definition) is 2. The van der Waals surface area contributed by atoms with E-state index in [0.717, 1.165) is 6.04 Å². The van der Waals surface area contributed by atoms with E-state index in [2.05, 4.69) is 32.8 Å². The molecule has 0 aromatic carbocycles. The fourth-order valence-corrected chi connectivity index (χ4v) is 2.69. The maximum atomic E-state index is 8.74. The second-order valence-electron chi connectivity index (χ2n) is 6.44. The van der Waals surface area contributed by atoms with Gasteiger partial charge in [-0.25, -0.2) is 0 Å². The molecule has 0 aromatic rings. The average Bonchev–Trinajstić information content (AvgIpc) is 2.42. The Morgan fingerprint density at radius 1 is 0.783 bits per heavy atom. The van der Waals surface area contributed by atoms with Gasteiger partial charge >= 0.3 is 10.4 Å². The standard InChI is InChI=1S/C17H37N.H2O4S/c1-5-7-8-9-10-11-12-13-14-15-16-17(6-2)18(3)4;1-5(2,3)4/h17H,5-16H2,1-4H3;(H2,1,2,3,4). The largest absolute Gasteiger partial charge is 0.394 e. The Kier molecular flexibility index (Phi) is 18.2. The van der Waals surface area contributed by atoms with Crippen molar-refractivity contribution in [3.63, 3.8) is 0 Å². The summed E-state index contributed by atoms with van der Waals surface area (Å²) < 4.78 is 31.6. The Morgan fingerprint density at radius 2 is 1.13 bits per heavy atom. The van der Waals surface area contributed by atoms with E-state index < -0.39 is 10.4 Å². The van der Waals surface area contributed by atoms with Crippen LogP contribution in [0.4, 0.5) is 0 Å². The third-order valence-corrected chi connectivity index (χ3v) is 4.09. The molecule has 0 aliphatic carbocycles. The first kappa shape index (κ1) is 25.1. The smallest absolute Gasteiger partial charge is 0.306 e. The molecule has 0 aliphatic heterocycles. The van der Waals surface area contributed by atoms with E-state index in [0.29, 0.717) is 0 Å². The summed E-state index contributed by atoms with van der Waals surface area (Å²) in [7, 11) is -0.241. The van der Waals surface area contributed by atoms with Crippen LogP contribution in [-0.2, 0) is 10.4 Å². The molecule has 0 saturated carbocycles. The summed E-state index contributed by atoms with van der Waals surface area (Å²) in [6, 6.07) is 0.805. The van der Waals surface area contributed by atoms with Gasteiger partial charge in [-0.3, -0.25) is 9.11 Å². The van der Waals surface area contributed by atoms with Crippen LogP contribution in [0.15, 0.2) is 0 Å². The molecule has 0 aromatic heterocycles. The van der Waals surface area contributed by atoms with Crippen LogP contribution in [0.3, 0.4) is 0 Å². The maximum absolute atomic E-state index is 8.74. The highest BCUT2D eigenvalue weighted by Crippen LogP contribution is 2.14. The topological polar surface area (TPSA) is 77.8 Å². The minimum Gasteiger partial charge on any atom is -0.306 e. The molecular formula is C17H39NO4S. The van der Waals surface area contributed by atoms with Gasteiger partial charge in [0, 0.05) is 6.04 Å². The lowest BCUT2D eigenvalue weighted by molar-refractivity contribution is 0.264. The number of nitrogens with zero attached hydrogens (tertiary/aromatic N) is 1. The third-order valence-electron chi connectivity index (χ3n) is 4.09. The van der Waals surface area contributed by atoms with Crippen LogP contribution in [0.2, 0.25) is 0 Å². The van der Waals surface area contributed by atoms with Crippen molar-refractivity contribution in [2.45, 2.75) is 96.9 Å². The zero-order valence-corrected chi connectivity index (χ0v) is 16.4. The van der Waals surface area contributed by atoms with E-state index >= 15 is 0 Å². The first-order chi connectivity index (χ1) is 10.7. The zero-order chi connectivity index (χ0) is 18.1. The molecule has 0 bridgehead atoms. The predicted octanol–water partition coefficient (Wildman–Crippen LogP) is 4.98. The molecule has 0 spiro atoms. The molecule has 0 radical (unpaired) electrons. The van der Waals surface area contributed by atoms with Gasteiger partial charge in [-0.1, -0.05) is 78.1 Å². The normalized spacial score (nSPS) is 12.8. The summed E-state index contributed by atoms with van der Waals surface area (Å²) in [5.74, 6) is 0. The quantitative estimate of drug-likeness (QED) is 0.360. The van der Waals surface area contributed by atoms with Gasteiger partial charge in [-0.05, 0) is 26.9 Å². The van der Waals surface area contributed by atoms with Crippen molar-refractivity contribution in [2.24, 2.45) is 0 Å².